The summed E-state index contributed by atoms with van der Waals surface area (Å²) < 4.78 is 0. The molecule has 8 heavy (non-hydrogen) atoms. The summed E-state index contributed by atoms with van der Waals surface area (Å²) in [6, 6.07) is 0.280. The van der Waals surface area contributed by atoms with Gasteiger partial charge < -0.3 is 5.73 Å². The average Bonchev–Trinajstić information content (AvgIpc) is 1.83. The Morgan fingerprint density at radius 3 is 2.62 bits per heavy atom. The van der Waals surface area contributed by atoms with Gasteiger partial charge in [-0.05, 0) is 13.3 Å². The summed E-state index contributed by atoms with van der Waals surface area (Å²) in [5.74, 6) is 5.73. The number of nitrogens with two attached hydrogens (primary N) is 1. The van der Waals surface area contributed by atoms with E-state index < -0.39 is 0 Å². The summed E-state index contributed by atoms with van der Waals surface area (Å²) in [5.41, 5.74) is 5.56. The first-order valence-electron chi connectivity index (χ1n) is 2.96. The van der Waals surface area contributed by atoms with E-state index in [1.807, 2.05) is 6.92 Å². The van der Waals surface area contributed by atoms with Crippen LogP contribution >= 0.6 is 0 Å². The maximum absolute atomic E-state index is 5.56. The van der Waals surface area contributed by atoms with Crippen molar-refractivity contribution in [1.29, 1.82) is 0 Å². The van der Waals surface area contributed by atoms with E-state index in [-0.39, 0.29) is 6.04 Å². The third-order valence-electron chi connectivity index (χ3n) is 1.07. The average molecular weight is 111 g/mol. The molecular weight excluding hydrogens is 98.1 g/mol. The van der Waals surface area contributed by atoms with Gasteiger partial charge in [0.2, 0.25) is 0 Å². The van der Waals surface area contributed by atoms with E-state index in [2.05, 4.69) is 18.8 Å². The number of hydrogen-bond donors (Lipinski definition) is 1. The summed E-state index contributed by atoms with van der Waals surface area (Å²) >= 11 is 0. The normalized spacial score (nSPS) is 11.9. The second kappa shape index (κ2) is 4.67. The summed E-state index contributed by atoms with van der Waals surface area (Å²) in [7, 11) is 0. The molecule has 0 aliphatic carbocycles. The van der Waals surface area contributed by atoms with Gasteiger partial charge in [0, 0.05) is 12.5 Å². The SMILES string of the molecule is CC#CCC(N)CC. The van der Waals surface area contributed by atoms with Gasteiger partial charge in [-0.2, -0.15) is 0 Å². The van der Waals surface area contributed by atoms with E-state index in [0.717, 1.165) is 12.8 Å². The Bertz CT molecular complexity index is 96.7. The van der Waals surface area contributed by atoms with Crippen LogP contribution in [0, 0.1) is 11.8 Å². The molecule has 0 aliphatic heterocycles. The monoisotopic (exact) mass is 111 g/mol. The maximum Gasteiger partial charge on any atom is 0.0240 e. The number of hydrogen-bond acceptors (Lipinski definition) is 1. The molecule has 0 amide bonds. The van der Waals surface area contributed by atoms with E-state index in [0.29, 0.717) is 0 Å². The standard InChI is InChI=1S/C7H13N/c1-3-5-6-7(8)4-2/h7H,4,6,8H2,1-2H3. The van der Waals surface area contributed by atoms with Gasteiger partial charge in [-0.15, -0.1) is 11.8 Å². The molecule has 1 nitrogen and oxygen atoms in total. The van der Waals surface area contributed by atoms with Crippen LogP contribution < -0.4 is 5.73 Å². The molecule has 0 saturated heterocycles. The van der Waals surface area contributed by atoms with Crippen LogP contribution in [0.3, 0.4) is 0 Å². The lowest BCUT2D eigenvalue weighted by atomic mass is 10.2. The molecule has 0 bridgehead atoms. The molecule has 1 heteroatoms. The van der Waals surface area contributed by atoms with Crippen molar-refractivity contribution in [2.24, 2.45) is 5.73 Å². The summed E-state index contributed by atoms with van der Waals surface area (Å²) in [5, 5.41) is 0. The topological polar surface area (TPSA) is 26.0 Å². The third kappa shape index (κ3) is 3.70. The van der Waals surface area contributed by atoms with Crippen molar-refractivity contribution < 1.29 is 0 Å². The van der Waals surface area contributed by atoms with Gasteiger partial charge in [-0.25, -0.2) is 0 Å². The van der Waals surface area contributed by atoms with Gasteiger partial charge >= 0.3 is 0 Å². The molecule has 0 aliphatic rings. The Hall–Kier alpha value is -0.480. The molecule has 0 aromatic rings. The Labute approximate surface area is 51.3 Å². The highest BCUT2D eigenvalue weighted by atomic mass is 14.6. The highest BCUT2D eigenvalue weighted by molar-refractivity contribution is 4.97. The molecule has 0 saturated carbocycles. The summed E-state index contributed by atoms with van der Waals surface area (Å²) in [6.07, 6.45) is 1.86. The molecule has 1 unspecified atom stereocenters. The van der Waals surface area contributed by atoms with Crippen LogP contribution in [0.5, 0.6) is 0 Å². The minimum absolute atomic E-state index is 0.280. The fourth-order valence-electron chi connectivity index (χ4n) is 0.377. The van der Waals surface area contributed by atoms with E-state index in [1.165, 1.54) is 0 Å². The fourth-order valence-corrected chi connectivity index (χ4v) is 0.377. The highest BCUT2D eigenvalue weighted by Crippen LogP contribution is 1.89. The first-order valence-corrected chi connectivity index (χ1v) is 2.96. The minimum Gasteiger partial charge on any atom is -0.327 e. The van der Waals surface area contributed by atoms with Crippen LogP contribution in [0.15, 0.2) is 0 Å². The molecule has 46 valence electrons. The fraction of sp³-hybridized carbons (Fsp3) is 0.714. The highest BCUT2D eigenvalue weighted by Gasteiger charge is 1.91. The molecule has 2 N–H and O–H groups in total. The van der Waals surface area contributed by atoms with Crippen LogP contribution in [0.2, 0.25) is 0 Å². The first kappa shape index (κ1) is 7.52. The molecule has 0 rings (SSSR count). The Morgan fingerprint density at radius 1 is 1.62 bits per heavy atom. The van der Waals surface area contributed by atoms with Crippen molar-refractivity contribution in [1.82, 2.24) is 0 Å². The van der Waals surface area contributed by atoms with Crippen LogP contribution in [0.4, 0.5) is 0 Å². The number of rotatable bonds is 2. The molecule has 0 fully saturated rings. The van der Waals surface area contributed by atoms with Gasteiger partial charge in [0.05, 0.1) is 0 Å². The Morgan fingerprint density at radius 2 is 2.25 bits per heavy atom. The van der Waals surface area contributed by atoms with Crippen molar-refractivity contribution >= 4 is 0 Å². The molecule has 0 spiro atoms. The third-order valence-corrected chi connectivity index (χ3v) is 1.07. The zero-order chi connectivity index (χ0) is 6.41. The molecule has 1 atom stereocenters. The van der Waals surface area contributed by atoms with E-state index in [1.54, 1.807) is 0 Å². The predicted octanol–water partition coefficient (Wildman–Crippen LogP) is 1.14. The van der Waals surface area contributed by atoms with Crippen molar-refractivity contribution in [3.63, 3.8) is 0 Å². The maximum atomic E-state index is 5.56. The summed E-state index contributed by atoms with van der Waals surface area (Å²) in [6.45, 7) is 3.91. The van der Waals surface area contributed by atoms with Crippen molar-refractivity contribution in [2.75, 3.05) is 0 Å². The van der Waals surface area contributed by atoms with Gasteiger partial charge in [-0.3, -0.25) is 0 Å². The lowest BCUT2D eigenvalue weighted by molar-refractivity contribution is 0.669. The zero-order valence-corrected chi connectivity index (χ0v) is 5.57. The molecule has 0 aromatic carbocycles. The van der Waals surface area contributed by atoms with Crippen LogP contribution in [-0.2, 0) is 0 Å². The van der Waals surface area contributed by atoms with Crippen molar-refractivity contribution in [3.05, 3.63) is 0 Å². The van der Waals surface area contributed by atoms with E-state index in [9.17, 15) is 0 Å². The zero-order valence-electron chi connectivity index (χ0n) is 5.57. The molecule has 0 heterocycles. The Balaban J connectivity index is 3.19. The lowest BCUT2D eigenvalue weighted by Crippen LogP contribution is -2.16. The quantitative estimate of drug-likeness (QED) is 0.531. The molecular formula is C7H13N. The van der Waals surface area contributed by atoms with Gasteiger partial charge in [0.1, 0.15) is 0 Å². The van der Waals surface area contributed by atoms with Crippen LogP contribution in [-0.4, -0.2) is 6.04 Å². The smallest absolute Gasteiger partial charge is 0.0240 e. The Kier molecular flexibility index (Phi) is 4.39. The van der Waals surface area contributed by atoms with Crippen LogP contribution in [0.1, 0.15) is 26.7 Å². The second-order valence-electron chi connectivity index (χ2n) is 1.80. The predicted molar refractivity (Wildman–Crippen MR) is 36.3 cm³/mol. The van der Waals surface area contributed by atoms with Crippen molar-refractivity contribution in [3.8, 4) is 11.8 Å². The second-order valence-corrected chi connectivity index (χ2v) is 1.80. The minimum atomic E-state index is 0.280. The van der Waals surface area contributed by atoms with Crippen molar-refractivity contribution in [2.45, 2.75) is 32.7 Å². The first-order chi connectivity index (χ1) is 3.81. The van der Waals surface area contributed by atoms with Gasteiger partial charge in [0.25, 0.3) is 0 Å². The lowest BCUT2D eigenvalue weighted by Gasteiger charge is -1.99. The van der Waals surface area contributed by atoms with Crippen LogP contribution in [0.25, 0.3) is 0 Å². The van der Waals surface area contributed by atoms with Gasteiger partial charge in [0.15, 0.2) is 0 Å². The van der Waals surface area contributed by atoms with E-state index >= 15 is 0 Å². The summed E-state index contributed by atoms with van der Waals surface area (Å²) in [4.78, 5) is 0. The largest absolute Gasteiger partial charge is 0.327 e. The molecule has 0 radical (unpaired) electrons. The molecule has 0 aromatic heterocycles. The van der Waals surface area contributed by atoms with E-state index in [4.69, 9.17) is 5.73 Å². The van der Waals surface area contributed by atoms with Gasteiger partial charge in [-0.1, -0.05) is 6.92 Å².